The van der Waals surface area contributed by atoms with Crippen molar-refractivity contribution in [1.82, 2.24) is 14.5 Å². The van der Waals surface area contributed by atoms with E-state index < -0.39 is 0 Å². The van der Waals surface area contributed by atoms with E-state index in [4.69, 9.17) is 4.74 Å². The topological polar surface area (TPSA) is 52.0 Å². The Kier molecular flexibility index (Phi) is 5.49. The van der Waals surface area contributed by atoms with Crippen LogP contribution in [0.4, 0.5) is 10.2 Å². The average molecular weight is 411 g/mol. The molecule has 0 spiro atoms. The lowest BCUT2D eigenvalue weighted by atomic mass is 10.1. The van der Waals surface area contributed by atoms with Gasteiger partial charge in [-0.15, -0.1) is 11.3 Å². The number of rotatable bonds is 7. The first kappa shape index (κ1) is 19.4. The summed E-state index contributed by atoms with van der Waals surface area (Å²) in [5.74, 6) is 1.41. The highest BCUT2D eigenvalue weighted by Crippen LogP contribution is 2.30. The molecule has 5 nitrogen and oxygen atoms in total. The molecule has 0 saturated carbocycles. The van der Waals surface area contributed by atoms with Crippen LogP contribution in [0, 0.1) is 19.7 Å². The van der Waals surface area contributed by atoms with Crippen LogP contribution in [-0.2, 0) is 6.54 Å². The number of thiophene rings is 1. The Morgan fingerprint density at radius 1 is 1.17 bits per heavy atom. The summed E-state index contributed by atoms with van der Waals surface area (Å²) in [6.45, 7) is 7.89. The van der Waals surface area contributed by atoms with Crippen molar-refractivity contribution in [2.75, 3.05) is 18.5 Å². The molecule has 0 amide bonds. The van der Waals surface area contributed by atoms with Gasteiger partial charge >= 0.3 is 0 Å². The summed E-state index contributed by atoms with van der Waals surface area (Å²) in [4.78, 5) is 9.71. The molecule has 4 rings (SSSR count). The van der Waals surface area contributed by atoms with Gasteiger partial charge in [-0.1, -0.05) is 6.07 Å². The number of ether oxygens (including phenoxy) is 1. The third-order valence-corrected chi connectivity index (χ3v) is 5.81. The predicted molar refractivity (Wildman–Crippen MR) is 116 cm³/mol. The Labute approximate surface area is 173 Å². The van der Waals surface area contributed by atoms with Crippen LogP contribution in [0.1, 0.15) is 18.2 Å². The third kappa shape index (κ3) is 3.96. The van der Waals surface area contributed by atoms with Crippen LogP contribution >= 0.6 is 11.3 Å². The van der Waals surface area contributed by atoms with E-state index in [2.05, 4.69) is 15.3 Å². The first-order valence-corrected chi connectivity index (χ1v) is 10.5. The van der Waals surface area contributed by atoms with Gasteiger partial charge in [0.2, 0.25) is 0 Å². The van der Waals surface area contributed by atoms with E-state index in [0.29, 0.717) is 25.2 Å². The van der Waals surface area contributed by atoms with Crippen LogP contribution in [0.5, 0.6) is 5.75 Å². The second-order valence-corrected chi connectivity index (χ2v) is 7.77. The van der Waals surface area contributed by atoms with Crippen LogP contribution in [-0.4, -0.2) is 27.7 Å². The van der Waals surface area contributed by atoms with Crippen LogP contribution in [0.15, 0.2) is 42.0 Å². The van der Waals surface area contributed by atoms with Gasteiger partial charge in [-0.05, 0) is 38.5 Å². The van der Waals surface area contributed by atoms with Crippen molar-refractivity contribution in [2.45, 2.75) is 27.3 Å². The summed E-state index contributed by atoms with van der Waals surface area (Å²) in [7, 11) is 0. The number of aryl methyl sites for hydroxylation is 2. The highest BCUT2D eigenvalue weighted by molar-refractivity contribution is 7.13. The molecule has 1 aromatic carbocycles. The molecular formula is C22H23FN4OS. The highest BCUT2D eigenvalue weighted by atomic mass is 32.1. The van der Waals surface area contributed by atoms with E-state index in [0.717, 1.165) is 38.8 Å². The van der Waals surface area contributed by atoms with Crippen LogP contribution in [0.2, 0.25) is 0 Å². The Hall–Kier alpha value is -2.93. The standard InChI is InChI=1S/C22H23FN4OS/c1-4-28-16-10-20(29-12-16)19-11-21(26-13-25-19)24-7-8-27-15(3)9-17-14(2)5-6-18(23)22(17)27/h5-6,9-13H,4,7-8H2,1-3H3,(H,24,25,26). The van der Waals surface area contributed by atoms with Gasteiger partial charge in [-0.3, -0.25) is 0 Å². The maximum Gasteiger partial charge on any atom is 0.147 e. The molecule has 0 saturated heterocycles. The molecule has 150 valence electrons. The van der Waals surface area contributed by atoms with Crippen LogP contribution in [0.25, 0.3) is 21.5 Å². The van der Waals surface area contributed by atoms with Gasteiger partial charge in [0.25, 0.3) is 0 Å². The zero-order valence-electron chi connectivity index (χ0n) is 16.7. The summed E-state index contributed by atoms with van der Waals surface area (Å²) in [5, 5.41) is 6.27. The smallest absolute Gasteiger partial charge is 0.147 e. The molecule has 29 heavy (non-hydrogen) atoms. The number of hydrogen-bond donors (Lipinski definition) is 1. The zero-order valence-corrected chi connectivity index (χ0v) is 17.5. The number of nitrogens with one attached hydrogen (secondary N) is 1. The van der Waals surface area contributed by atoms with Crippen LogP contribution in [0.3, 0.4) is 0 Å². The Balaban J connectivity index is 1.48. The van der Waals surface area contributed by atoms with Crippen molar-refractivity contribution >= 4 is 28.1 Å². The van der Waals surface area contributed by atoms with E-state index in [9.17, 15) is 4.39 Å². The molecule has 1 N–H and O–H groups in total. The van der Waals surface area contributed by atoms with Crippen molar-refractivity contribution in [2.24, 2.45) is 0 Å². The van der Waals surface area contributed by atoms with E-state index in [1.807, 2.05) is 55.0 Å². The minimum Gasteiger partial charge on any atom is -0.493 e. The normalized spacial score (nSPS) is 11.2. The quantitative estimate of drug-likeness (QED) is 0.442. The molecule has 3 heterocycles. The lowest BCUT2D eigenvalue weighted by Crippen LogP contribution is -2.12. The minimum atomic E-state index is -0.189. The SMILES string of the molecule is CCOc1csc(-c2cc(NCCn3c(C)cc4c(C)ccc(F)c43)ncn2)c1. The number of aromatic nitrogens is 3. The molecule has 0 aliphatic rings. The van der Waals surface area contributed by atoms with Crippen molar-refractivity contribution in [3.8, 4) is 16.3 Å². The first-order valence-electron chi connectivity index (χ1n) is 9.59. The van der Waals surface area contributed by atoms with Crippen molar-refractivity contribution in [1.29, 1.82) is 0 Å². The summed E-state index contributed by atoms with van der Waals surface area (Å²) in [6.07, 6.45) is 1.55. The molecular weight excluding hydrogens is 387 g/mol. The molecule has 3 aromatic heterocycles. The summed E-state index contributed by atoms with van der Waals surface area (Å²) in [5.41, 5.74) is 3.64. The molecule has 0 aliphatic carbocycles. The third-order valence-electron chi connectivity index (χ3n) is 4.88. The number of nitrogens with zero attached hydrogens (tertiary/aromatic N) is 3. The van der Waals surface area contributed by atoms with Gasteiger partial charge in [0.05, 0.1) is 22.7 Å². The number of benzene rings is 1. The maximum absolute atomic E-state index is 14.4. The fourth-order valence-electron chi connectivity index (χ4n) is 3.47. The summed E-state index contributed by atoms with van der Waals surface area (Å²) >= 11 is 1.59. The lowest BCUT2D eigenvalue weighted by molar-refractivity contribution is 0.342. The average Bonchev–Trinajstić information content (AvgIpc) is 3.31. The Morgan fingerprint density at radius 2 is 2.03 bits per heavy atom. The molecule has 4 aromatic rings. The number of halogens is 1. The molecule has 0 fully saturated rings. The molecule has 7 heteroatoms. The predicted octanol–water partition coefficient (Wildman–Crippen LogP) is 5.43. The second-order valence-electron chi connectivity index (χ2n) is 6.86. The number of fused-ring (bicyclic) bond motifs is 1. The first-order chi connectivity index (χ1) is 14.1. The van der Waals surface area contributed by atoms with Gasteiger partial charge in [-0.25, -0.2) is 14.4 Å². The molecule has 0 unspecified atom stereocenters. The monoisotopic (exact) mass is 410 g/mol. The number of hydrogen-bond acceptors (Lipinski definition) is 5. The van der Waals surface area contributed by atoms with Gasteiger partial charge in [-0.2, -0.15) is 0 Å². The van der Waals surface area contributed by atoms with E-state index in [-0.39, 0.29) is 5.82 Å². The van der Waals surface area contributed by atoms with E-state index in [1.165, 1.54) is 6.07 Å². The molecule has 0 aliphatic heterocycles. The van der Waals surface area contributed by atoms with Gasteiger partial charge in [0, 0.05) is 41.7 Å². The number of anilines is 1. The fraction of sp³-hybridized carbons (Fsp3) is 0.273. The fourth-order valence-corrected chi connectivity index (χ4v) is 4.27. The molecule has 0 atom stereocenters. The van der Waals surface area contributed by atoms with E-state index >= 15 is 0 Å². The maximum atomic E-state index is 14.4. The second kappa shape index (κ2) is 8.21. The molecule has 0 bridgehead atoms. The van der Waals surface area contributed by atoms with Crippen molar-refractivity contribution in [3.05, 3.63) is 59.1 Å². The summed E-state index contributed by atoms with van der Waals surface area (Å²) in [6, 6.07) is 9.32. The summed E-state index contributed by atoms with van der Waals surface area (Å²) < 4.78 is 22.0. The minimum absolute atomic E-state index is 0.189. The Morgan fingerprint density at radius 3 is 2.86 bits per heavy atom. The molecule has 0 radical (unpaired) electrons. The highest BCUT2D eigenvalue weighted by Gasteiger charge is 2.12. The van der Waals surface area contributed by atoms with E-state index in [1.54, 1.807) is 17.7 Å². The largest absolute Gasteiger partial charge is 0.493 e. The van der Waals surface area contributed by atoms with Gasteiger partial charge in [0.15, 0.2) is 0 Å². The van der Waals surface area contributed by atoms with Gasteiger partial charge in [0.1, 0.15) is 23.7 Å². The lowest BCUT2D eigenvalue weighted by Gasteiger charge is -2.11. The Bertz CT molecular complexity index is 1150. The van der Waals surface area contributed by atoms with Crippen LogP contribution < -0.4 is 10.1 Å². The van der Waals surface area contributed by atoms with Crippen molar-refractivity contribution < 1.29 is 9.13 Å². The van der Waals surface area contributed by atoms with Crippen molar-refractivity contribution in [3.63, 3.8) is 0 Å². The zero-order chi connectivity index (χ0) is 20.4. The van der Waals surface area contributed by atoms with Gasteiger partial charge < -0.3 is 14.6 Å².